The summed E-state index contributed by atoms with van der Waals surface area (Å²) >= 11 is 0. The molecule has 148 valence electrons. The average molecular weight is 388 g/mol. The molecule has 2 heterocycles. The number of hydrogen-bond donors (Lipinski definition) is 1. The molecular formula is C23H24N4O2. The summed E-state index contributed by atoms with van der Waals surface area (Å²) in [5, 5.41) is 7.44. The lowest BCUT2D eigenvalue weighted by Gasteiger charge is -2.15. The van der Waals surface area contributed by atoms with Crippen molar-refractivity contribution in [1.29, 1.82) is 0 Å². The lowest BCUT2D eigenvalue weighted by Crippen LogP contribution is -2.38. The number of rotatable bonds is 5. The lowest BCUT2D eigenvalue weighted by molar-refractivity contribution is -0.129. The maximum absolute atomic E-state index is 12.9. The van der Waals surface area contributed by atoms with E-state index in [0.717, 1.165) is 42.7 Å². The minimum Gasteiger partial charge on any atom is -0.343 e. The summed E-state index contributed by atoms with van der Waals surface area (Å²) in [4.78, 5) is 27.0. The zero-order chi connectivity index (χ0) is 20.2. The molecule has 1 aliphatic rings. The molecule has 0 unspecified atom stereocenters. The first-order chi connectivity index (χ1) is 14.1. The van der Waals surface area contributed by atoms with Crippen LogP contribution in [0.15, 0.2) is 60.8 Å². The maximum atomic E-state index is 12.9. The van der Waals surface area contributed by atoms with Gasteiger partial charge in [0.1, 0.15) is 5.69 Å². The lowest BCUT2D eigenvalue weighted by atomic mass is 10.1. The molecule has 0 spiro atoms. The fourth-order valence-electron chi connectivity index (χ4n) is 3.51. The van der Waals surface area contributed by atoms with Crippen molar-refractivity contribution in [3.8, 4) is 16.9 Å². The van der Waals surface area contributed by atoms with Crippen LogP contribution in [0.5, 0.6) is 0 Å². The number of aromatic nitrogens is 2. The van der Waals surface area contributed by atoms with Gasteiger partial charge >= 0.3 is 0 Å². The fraction of sp³-hybridized carbons (Fsp3) is 0.261. The molecule has 29 heavy (non-hydrogen) atoms. The van der Waals surface area contributed by atoms with Gasteiger partial charge in [-0.25, -0.2) is 4.68 Å². The van der Waals surface area contributed by atoms with E-state index in [-0.39, 0.29) is 18.4 Å². The number of para-hydroxylation sites is 1. The zero-order valence-electron chi connectivity index (χ0n) is 16.5. The predicted octanol–water partition coefficient (Wildman–Crippen LogP) is 3.20. The van der Waals surface area contributed by atoms with Crippen molar-refractivity contribution in [2.75, 3.05) is 19.6 Å². The first-order valence-corrected chi connectivity index (χ1v) is 9.90. The first kappa shape index (κ1) is 18.9. The largest absolute Gasteiger partial charge is 0.343 e. The molecular weight excluding hydrogens is 364 g/mol. The van der Waals surface area contributed by atoms with E-state index in [2.05, 4.69) is 10.4 Å². The van der Waals surface area contributed by atoms with E-state index >= 15 is 0 Å². The van der Waals surface area contributed by atoms with E-state index in [1.165, 1.54) is 0 Å². The minimum absolute atomic E-state index is 0.00267. The molecule has 1 saturated heterocycles. The second-order valence-electron chi connectivity index (χ2n) is 7.31. The summed E-state index contributed by atoms with van der Waals surface area (Å²) in [6.07, 6.45) is 3.78. The van der Waals surface area contributed by atoms with E-state index in [1.807, 2.05) is 61.5 Å². The molecule has 0 saturated carbocycles. The van der Waals surface area contributed by atoms with Crippen molar-refractivity contribution in [3.05, 3.63) is 71.9 Å². The highest BCUT2D eigenvalue weighted by atomic mass is 16.2. The number of aryl methyl sites for hydroxylation is 1. The Morgan fingerprint density at radius 1 is 1.00 bits per heavy atom. The van der Waals surface area contributed by atoms with Crippen molar-refractivity contribution in [3.63, 3.8) is 0 Å². The van der Waals surface area contributed by atoms with Gasteiger partial charge in [0.25, 0.3) is 5.91 Å². The molecule has 2 amide bonds. The number of nitrogens with one attached hydrogen (secondary N) is 1. The van der Waals surface area contributed by atoms with E-state index in [4.69, 9.17) is 0 Å². The Bertz CT molecular complexity index is 1000. The number of hydrogen-bond acceptors (Lipinski definition) is 3. The number of carbonyl (C=O) groups excluding carboxylic acids is 2. The van der Waals surface area contributed by atoms with Crippen molar-refractivity contribution in [2.45, 2.75) is 19.8 Å². The third-order valence-electron chi connectivity index (χ3n) is 5.16. The Morgan fingerprint density at radius 3 is 2.38 bits per heavy atom. The molecule has 0 aliphatic carbocycles. The first-order valence-electron chi connectivity index (χ1n) is 9.90. The molecule has 1 N–H and O–H groups in total. The fourth-order valence-corrected chi connectivity index (χ4v) is 3.51. The summed E-state index contributed by atoms with van der Waals surface area (Å²) in [5.41, 5.74) is 3.92. The molecule has 1 aliphatic heterocycles. The molecule has 4 rings (SSSR count). The van der Waals surface area contributed by atoms with Crippen LogP contribution >= 0.6 is 0 Å². The van der Waals surface area contributed by atoms with Gasteiger partial charge in [0.2, 0.25) is 5.91 Å². The summed E-state index contributed by atoms with van der Waals surface area (Å²) in [5.74, 6) is -0.335. The van der Waals surface area contributed by atoms with Crippen LogP contribution in [-0.4, -0.2) is 46.1 Å². The van der Waals surface area contributed by atoms with Crippen LogP contribution in [0.25, 0.3) is 16.9 Å². The third kappa shape index (κ3) is 4.21. The van der Waals surface area contributed by atoms with Crippen LogP contribution in [0.2, 0.25) is 0 Å². The van der Waals surface area contributed by atoms with Crippen molar-refractivity contribution in [1.82, 2.24) is 20.0 Å². The Hall–Kier alpha value is -3.41. The van der Waals surface area contributed by atoms with E-state index in [0.29, 0.717) is 11.3 Å². The zero-order valence-corrected chi connectivity index (χ0v) is 16.5. The van der Waals surface area contributed by atoms with Crippen LogP contribution in [0.4, 0.5) is 0 Å². The summed E-state index contributed by atoms with van der Waals surface area (Å²) in [6.45, 7) is 3.57. The van der Waals surface area contributed by atoms with Crippen LogP contribution in [0.3, 0.4) is 0 Å². The highest BCUT2D eigenvalue weighted by Gasteiger charge is 2.22. The van der Waals surface area contributed by atoms with Gasteiger partial charge < -0.3 is 10.2 Å². The summed E-state index contributed by atoms with van der Waals surface area (Å²) in [7, 11) is 0. The molecule has 6 nitrogen and oxygen atoms in total. The Kier molecular flexibility index (Phi) is 5.42. The topological polar surface area (TPSA) is 67.2 Å². The molecule has 0 bridgehead atoms. The predicted molar refractivity (Wildman–Crippen MR) is 112 cm³/mol. The van der Waals surface area contributed by atoms with Gasteiger partial charge in [-0.05, 0) is 31.9 Å². The maximum Gasteiger partial charge on any atom is 0.255 e. The number of benzene rings is 2. The van der Waals surface area contributed by atoms with Gasteiger partial charge in [0, 0.05) is 24.8 Å². The van der Waals surface area contributed by atoms with Gasteiger partial charge in [-0.1, -0.05) is 48.0 Å². The van der Waals surface area contributed by atoms with Crippen LogP contribution in [0, 0.1) is 6.92 Å². The van der Waals surface area contributed by atoms with Crippen LogP contribution in [0.1, 0.15) is 28.8 Å². The molecule has 2 aromatic carbocycles. The highest BCUT2D eigenvalue weighted by molar-refractivity contribution is 6.01. The van der Waals surface area contributed by atoms with E-state index < -0.39 is 0 Å². The molecule has 6 heteroatoms. The second-order valence-corrected chi connectivity index (χ2v) is 7.31. The number of likely N-dealkylation sites (tertiary alicyclic amines) is 1. The van der Waals surface area contributed by atoms with Gasteiger partial charge in [-0.3, -0.25) is 9.59 Å². The summed E-state index contributed by atoms with van der Waals surface area (Å²) < 4.78 is 1.70. The monoisotopic (exact) mass is 388 g/mol. The van der Waals surface area contributed by atoms with E-state index in [9.17, 15) is 9.59 Å². The number of amides is 2. The quantitative estimate of drug-likeness (QED) is 0.730. The summed E-state index contributed by atoms with van der Waals surface area (Å²) in [6, 6.07) is 17.6. The number of nitrogens with zero attached hydrogens (tertiary/aromatic N) is 3. The van der Waals surface area contributed by atoms with Crippen molar-refractivity contribution >= 4 is 11.8 Å². The van der Waals surface area contributed by atoms with Crippen LogP contribution < -0.4 is 5.32 Å². The molecule has 3 aromatic rings. The normalized spacial score (nSPS) is 13.5. The van der Waals surface area contributed by atoms with E-state index in [1.54, 1.807) is 15.8 Å². The minimum atomic E-state index is -0.296. The van der Waals surface area contributed by atoms with Crippen molar-refractivity contribution in [2.24, 2.45) is 0 Å². The van der Waals surface area contributed by atoms with Gasteiger partial charge in [-0.15, -0.1) is 0 Å². The van der Waals surface area contributed by atoms with Gasteiger partial charge in [0.05, 0.1) is 17.8 Å². The Balaban J connectivity index is 1.61. The Labute approximate surface area is 170 Å². The van der Waals surface area contributed by atoms with Crippen molar-refractivity contribution < 1.29 is 9.59 Å². The highest BCUT2D eigenvalue weighted by Crippen LogP contribution is 2.24. The van der Waals surface area contributed by atoms with Gasteiger partial charge in [0.15, 0.2) is 0 Å². The molecule has 1 fully saturated rings. The second kappa shape index (κ2) is 8.31. The SMILES string of the molecule is Cc1ccc(-c2nn(-c3ccccc3)cc2C(=O)NCC(=O)N2CCCC2)cc1. The average Bonchev–Trinajstić information content (AvgIpc) is 3.43. The molecule has 0 radical (unpaired) electrons. The standard InChI is InChI=1S/C23H24N4O2/c1-17-9-11-18(12-10-17)22-20(16-27(25-22)19-7-3-2-4-8-19)23(29)24-15-21(28)26-13-5-6-14-26/h2-4,7-12,16H,5-6,13-15H2,1H3,(H,24,29). The smallest absolute Gasteiger partial charge is 0.255 e. The third-order valence-corrected chi connectivity index (χ3v) is 5.16. The van der Waals surface area contributed by atoms with Crippen LogP contribution in [-0.2, 0) is 4.79 Å². The number of carbonyl (C=O) groups is 2. The molecule has 0 atom stereocenters. The molecule has 1 aromatic heterocycles. The van der Waals surface area contributed by atoms with Gasteiger partial charge in [-0.2, -0.15) is 5.10 Å². The Morgan fingerprint density at radius 2 is 1.69 bits per heavy atom.